The van der Waals surface area contributed by atoms with Crippen LogP contribution in [0.15, 0.2) is 11.6 Å². The number of likely N-dealkylation sites (tertiary alicyclic amines) is 1. The van der Waals surface area contributed by atoms with Gasteiger partial charge in [-0.2, -0.15) is 8.78 Å². The second-order valence-corrected chi connectivity index (χ2v) is 5.30. The van der Waals surface area contributed by atoms with E-state index in [0.717, 1.165) is 32.5 Å². The molecule has 0 amide bonds. The van der Waals surface area contributed by atoms with E-state index in [9.17, 15) is 17.6 Å². The van der Waals surface area contributed by atoms with Gasteiger partial charge in [-0.3, -0.25) is 4.90 Å². The normalized spacial score (nSPS) is 18.9. The van der Waals surface area contributed by atoms with Crippen LogP contribution in [-0.4, -0.2) is 49.5 Å². The molecular formula is C13H22F4N2. The van der Waals surface area contributed by atoms with Crippen molar-refractivity contribution >= 4 is 0 Å². The van der Waals surface area contributed by atoms with Gasteiger partial charge in [0.15, 0.2) is 0 Å². The van der Waals surface area contributed by atoms with Gasteiger partial charge in [0.2, 0.25) is 0 Å². The van der Waals surface area contributed by atoms with Gasteiger partial charge in [-0.05, 0) is 39.8 Å². The zero-order valence-electron chi connectivity index (χ0n) is 11.4. The number of nitrogens with zero attached hydrogens (tertiary/aromatic N) is 1. The summed E-state index contributed by atoms with van der Waals surface area (Å²) in [5, 5.41) is 2.56. The van der Waals surface area contributed by atoms with Gasteiger partial charge < -0.3 is 5.32 Å². The maximum absolute atomic E-state index is 12.8. The molecule has 1 saturated heterocycles. The highest BCUT2D eigenvalue weighted by atomic mass is 19.3. The molecule has 0 aromatic heterocycles. The van der Waals surface area contributed by atoms with Gasteiger partial charge >= 0.3 is 12.3 Å². The lowest BCUT2D eigenvalue weighted by Crippen LogP contribution is -2.47. The lowest BCUT2D eigenvalue weighted by Gasteiger charge is -2.32. The largest absolute Gasteiger partial charge is 0.319 e. The number of alkyl halides is 4. The summed E-state index contributed by atoms with van der Waals surface area (Å²) in [6.07, 6.45) is -0.0392. The van der Waals surface area contributed by atoms with E-state index in [4.69, 9.17) is 0 Å². The molecule has 1 aliphatic rings. The van der Waals surface area contributed by atoms with Gasteiger partial charge in [0.1, 0.15) is 0 Å². The summed E-state index contributed by atoms with van der Waals surface area (Å²) >= 11 is 0. The number of rotatable bonds is 6. The molecule has 0 atom stereocenters. The Morgan fingerprint density at radius 2 is 1.89 bits per heavy atom. The first-order valence-corrected chi connectivity index (χ1v) is 6.56. The quantitative estimate of drug-likeness (QED) is 0.595. The first-order chi connectivity index (χ1) is 8.81. The minimum Gasteiger partial charge on any atom is -0.308 e. The fourth-order valence-corrected chi connectivity index (χ4v) is 1.99. The van der Waals surface area contributed by atoms with Crippen molar-refractivity contribution in [2.75, 3.05) is 26.2 Å². The van der Waals surface area contributed by atoms with Crippen molar-refractivity contribution < 1.29 is 17.6 Å². The van der Waals surface area contributed by atoms with Crippen LogP contribution in [0.2, 0.25) is 0 Å². The Morgan fingerprint density at radius 1 is 1.32 bits per heavy atom. The lowest BCUT2D eigenvalue weighted by atomic mass is 10.0. The molecule has 0 saturated carbocycles. The van der Waals surface area contributed by atoms with E-state index in [1.807, 2.05) is 13.8 Å². The molecule has 6 heteroatoms. The second-order valence-electron chi connectivity index (χ2n) is 5.30. The summed E-state index contributed by atoms with van der Waals surface area (Å²) < 4.78 is 49.5. The zero-order valence-corrected chi connectivity index (χ0v) is 11.4. The zero-order chi connectivity index (χ0) is 14.5. The van der Waals surface area contributed by atoms with Gasteiger partial charge in [0.25, 0.3) is 0 Å². The van der Waals surface area contributed by atoms with Crippen molar-refractivity contribution in [3.05, 3.63) is 11.6 Å². The van der Waals surface area contributed by atoms with Crippen LogP contribution < -0.4 is 5.32 Å². The Balaban J connectivity index is 2.25. The summed E-state index contributed by atoms with van der Waals surface area (Å²) in [6.45, 7) is 5.59. The molecular weight excluding hydrogens is 260 g/mol. The average Bonchev–Trinajstić information content (AvgIpc) is 2.35. The number of hydrogen-bond acceptors (Lipinski definition) is 2. The molecule has 19 heavy (non-hydrogen) atoms. The molecule has 0 aromatic rings. The third kappa shape index (κ3) is 5.91. The van der Waals surface area contributed by atoms with Gasteiger partial charge in [-0.1, -0.05) is 11.6 Å². The van der Waals surface area contributed by atoms with Crippen LogP contribution in [-0.2, 0) is 0 Å². The van der Waals surface area contributed by atoms with Crippen molar-refractivity contribution in [2.45, 2.75) is 45.1 Å². The monoisotopic (exact) mass is 282 g/mol. The molecule has 1 aliphatic heterocycles. The second kappa shape index (κ2) is 7.24. The maximum atomic E-state index is 12.8. The standard InChI is InChI=1S/C13H22F4N2/c1-10(2)3-6-19-7-4-11(5-8-19)18-9-13(16,17)12(14)15/h3,11-12,18H,4-9H2,1-2H3. The SMILES string of the molecule is CC(C)=CCN1CCC(NCC(F)(F)C(F)F)CC1. The summed E-state index contributed by atoms with van der Waals surface area (Å²) in [5.74, 6) is -3.93. The molecule has 1 N–H and O–H groups in total. The first kappa shape index (κ1) is 16.4. The highest BCUT2D eigenvalue weighted by Gasteiger charge is 2.40. The minimum absolute atomic E-state index is 0.0902. The Labute approximate surface area is 111 Å². The molecule has 1 heterocycles. The van der Waals surface area contributed by atoms with Crippen LogP contribution in [0.3, 0.4) is 0 Å². The number of halogens is 4. The average molecular weight is 282 g/mol. The van der Waals surface area contributed by atoms with Crippen LogP contribution in [0.25, 0.3) is 0 Å². The summed E-state index contributed by atoms with van der Waals surface area (Å²) in [6, 6.07) is -0.0902. The number of hydrogen-bond donors (Lipinski definition) is 1. The first-order valence-electron chi connectivity index (χ1n) is 6.56. The predicted octanol–water partition coefficient (Wildman–Crippen LogP) is 2.91. The topological polar surface area (TPSA) is 15.3 Å². The summed E-state index contributed by atoms with van der Waals surface area (Å²) in [5.41, 5.74) is 1.25. The Kier molecular flexibility index (Phi) is 6.26. The third-order valence-corrected chi connectivity index (χ3v) is 3.29. The molecule has 0 unspecified atom stereocenters. The van der Waals surface area contributed by atoms with E-state index < -0.39 is 18.9 Å². The van der Waals surface area contributed by atoms with Crippen molar-refractivity contribution in [1.82, 2.24) is 10.2 Å². The van der Waals surface area contributed by atoms with E-state index in [-0.39, 0.29) is 6.04 Å². The van der Waals surface area contributed by atoms with Crippen molar-refractivity contribution in [1.29, 1.82) is 0 Å². The molecule has 0 bridgehead atoms. The van der Waals surface area contributed by atoms with Gasteiger partial charge in [0, 0.05) is 12.6 Å². The highest BCUT2D eigenvalue weighted by molar-refractivity contribution is 4.95. The van der Waals surface area contributed by atoms with Crippen molar-refractivity contribution in [3.63, 3.8) is 0 Å². The van der Waals surface area contributed by atoms with Gasteiger partial charge in [-0.15, -0.1) is 0 Å². The number of piperidine rings is 1. The molecule has 0 aliphatic carbocycles. The molecule has 112 valence electrons. The van der Waals surface area contributed by atoms with Crippen molar-refractivity contribution in [2.24, 2.45) is 0 Å². The number of allylic oxidation sites excluding steroid dienone is 1. The highest BCUT2D eigenvalue weighted by Crippen LogP contribution is 2.22. The molecule has 1 fully saturated rings. The fourth-order valence-electron chi connectivity index (χ4n) is 1.99. The minimum atomic E-state index is -3.93. The van der Waals surface area contributed by atoms with Crippen LogP contribution in [0.1, 0.15) is 26.7 Å². The molecule has 1 rings (SSSR count). The van der Waals surface area contributed by atoms with Crippen molar-refractivity contribution in [3.8, 4) is 0 Å². The Bertz CT molecular complexity index is 293. The Morgan fingerprint density at radius 3 is 2.37 bits per heavy atom. The molecule has 0 spiro atoms. The number of nitrogens with one attached hydrogen (secondary N) is 1. The lowest BCUT2D eigenvalue weighted by molar-refractivity contribution is -0.126. The fraction of sp³-hybridized carbons (Fsp3) is 0.846. The van der Waals surface area contributed by atoms with Gasteiger partial charge in [-0.25, -0.2) is 8.78 Å². The van der Waals surface area contributed by atoms with Crippen LogP contribution in [0.5, 0.6) is 0 Å². The van der Waals surface area contributed by atoms with Gasteiger partial charge in [0.05, 0.1) is 6.54 Å². The van der Waals surface area contributed by atoms with Crippen LogP contribution in [0, 0.1) is 0 Å². The van der Waals surface area contributed by atoms with Crippen LogP contribution in [0.4, 0.5) is 17.6 Å². The summed E-state index contributed by atoms with van der Waals surface area (Å²) in [7, 11) is 0. The molecule has 0 radical (unpaired) electrons. The predicted molar refractivity (Wildman–Crippen MR) is 67.8 cm³/mol. The third-order valence-electron chi connectivity index (χ3n) is 3.29. The molecule has 0 aromatic carbocycles. The Hall–Kier alpha value is -0.620. The van der Waals surface area contributed by atoms with E-state index in [2.05, 4.69) is 16.3 Å². The summed E-state index contributed by atoms with van der Waals surface area (Å²) in [4.78, 5) is 2.23. The molecule has 2 nitrogen and oxygen atoms in total. The van der Waals surface area contributed by atoms with E-state index >= 15 is 0 Å². The smallest absolute Gasteiger partial charge is 0.308 e. The van der Waals surface area contributed by atoms with E-state index in [0.29, 0.717) is 0 Å². The van der Waals surface area contributed by atoms with Crippen LogP contribution >= 0.6 is 0 Å². The van der Waals surface area contributed by atoms with E-state index in [1.165, 1.54) is 5.57 Å². The maximum Gasteiger partial charge on any atom is 0.319 e. The van der Waals surface area contributed by atoms with E-state index in [1.54, 1.807) is 0 Å².